The first-order valence-corrected chi connectivity index (χ1v) is 3.56. The third kappa shape index (κ3) is 1.97. The third-order valence-electron chi connectivity index (χ3n) is 1.66. The zero-order valence-corrected chi connectivity index (χ0v) is 6.90. The summed E-state index contributed by atoms with van der Waals surface area (Å²) >= 11 is 0. The average Bonchev–Trinajstić information content (AvgIpc) is 1.85. The van der Waals surface area contributed by atoms with Crippen molar-refractivity contribution in [2.45, 2.75) is 38.5 Å². The van der Waals surface area contributed by atoms with Crippen molar-refractivity contribution in [1.29, 1.82) is 0 Å². The van der Waals surface area contributed by atoms with Gasteiger partial charge >= 0.3 is 6.18 Å². The van der Waals surface area contributed by atoms with E-state index >= 15 is 0 Å². The molecule has 0 amide bonds. The van der Waals surface area contributed by atoms with Crippen molar-refractivity contribution in [3.63, 3.8) is 0 Å². The molecule has 1 atom stereocenters. The van der Waals surface area contributed by atoms with Crippen LogP contribution in [0.25, 0.3) is 0 Å². The zero-order chi connectivity index (χ0) is 9.99. The molecule has 0 rings (SSSR count). The number of carbonyl (C=O) groups excluding carboxylic acids is 1. The van der Waals surface area contributed by atoms with Gasteiger partial charge in [0.05, 0.1) is 0 Å². The van der Waals surface area contributed by atoms with Gasteiger partial charge < -0.3 is 5.11 Å². The minimum Gasteiger partial charge on any atom is -0.374 e. The minimum absolute atomic E-state index is 0.107. The molecule has 72 valence electrons. The van der Waals surface area contributed by atoms with Crippen molar-refractivity contribution in [3.8, 4) is 0 Å². The summed E-state index contributed by atoms with van der Waals surface area (Å²) in [6.45, 7) is 2.21. The number of hydrogen-bond acceptors (Lipinski definition) is 2. The Morgan fingerprint density at radius 2 is 1.83 bits per heavy atom. The van der Waals surface area contributed by atoms with Gasteiger partial charge in [0.2, 0.25) is 5.60 Å². The van der Waals surface area contributed by atoms with Crippen LogP contribution in [0.2, 0.25) is 0 Å². The largest absolute Gasteiger partial charge is 0.424 e. The maximum atomic E-state index is 12.1. The second-order valence-corrected chi connectivity index (χ2v) is 2.66. The fourth-order valence-corrected chi connectivity index (χ4v) is 0.879. The summed E-state index contributed by atoms with van der Waals surface area (Å²) in [5.41, 5.74) is -3.15. The summed E-state index contributed by atoms with van der Waals surface area (Å²) in [5, 5.41) is 8.95. The van der Waals surface area contributed by atoms with Crippen molar-refractivity contribution in [2.24, 2.45) is 0 Å². The first-order chi connectivity index (χ1) is 5.25. The van der Waals surface area contributed by atoms with Gasteiger partial charge in [0.1, 0.15) is 0 Å². The molecular weight excluding hydrogens is 173 g/mol. The van der Waals surface area contributed by atoms with Gasteiger partial charge in [0, 0.05) is 0 Å². The predicted molar refractivity (Wildman–Crippen MR) is 36.6 cm³/mol. The van der Waals surface area contributed by atoms with Crippen LogP contribution in [0.5, 0.6) is 0 Å². The summed E-state index contributed by atoms with van der Waals surface area (Å²) in [5.74, 6) is -1.25. The standard InChI is InChI=1S/C7H11F3O2/c1-3-4-6(12,5(2)11)7(8,9)10/h12H,3-4H2,1-2H3/t6-/m1/s1. The van der Waals surface area contributed by atoms with Crippen LogP contribution >= 0.6 is 0 Å². The van der Waals surface area contributed by atoms with Crippen LogP contribution in [-0.2, 0) is 4.79 Å². The van der Waals surface area contributed by atoms with Crippen LogP contribution in [0.4, 0.5) is 13.2 Å². The van der Waals surface area contributed by atoms with E-state index in [1.807, 2.05) is 0 Å². The summed E-state index contributed by atoms with van der Waals surface area (Å²) < 4.78 is 36.2. The summed E-state index contributed by atoms with van der Waals surface area (Å²) in [4.78, 5) is 10.5. The Morgan fingerprint density at radius 3 is 1.92 bits per heavy atom. The zero-order valence-electron chi connectivity index (χ0n) is 6.90. The van der Waals surface area contributed by atoms with Crippen molar-refractivity contribution >= 4 is 5.78 Å². The second kappa shape index (κ2) is 3.43. The van der Waals surface area contributed by atoms with E-state index in [0.29, 0.717) is 0 Å². The molecule has 0 aliphatic rings. The van der Waals surface area contributed by atoms with Crippen molar-refractivity contribution in [2.75, 3.05) is 0 Å². The summed E-state index contributed by atoms with van der Waals surface area (Å²) in [6.07, 6.45) is -5.34. The van der Waals surface area contributed by atoms with Gasteiger partial charge in [-0.3, -0.25) is 4.79 Å². The summed E-state index contributed by atoms with van der Waals surface area (Å²) in [7, 11) is 0. The van der Waals surface area contributed by atoms with Gasteiger partial charge in [0.15, 0.2) is 5.78 Å². The molecule has 0 bridgehead atoms. The summed E-state index contributed by atoms with van der Waals surface area (Å²) in [6, 6.07) is 0. The highest BCUT2D eigenvalue weighted by atomic mass is 19.4. The lowest BCUT2D eigenvalue weighted by Crippen LogP contribution is -2.50. The molecule has 0 aliphatic heterocycles. The maximum Gasteiger partial charge on any atom is 0.424 e. The molecule has 0 saturated carbocycles. The number of ketones is 1. The van der Waals surface area contributed by atoms with Gasteiger partial charge in [-0.25, -0.2) is 0 Å². The lowest BCUT2D eigenvalue weighted by atomic mass is 9.93. The third-order valence-corrected chi connectivity index (χ3v) is 1.66. The number of alkyl halides is 3. The van der Waals surface area contributed by atoms with Gasteiger partial charge in [-0.2, -0.15) is 13.2 Å². The predicted octanol–water partition coefficient (Wildman–Crippen LogP) is 1.67. The first kappa shape index (κ1) is 11.4. The number of aliphatic hydroxyl groups is 1. The van der Waals surface area contributed by atoms with E-state index in [-0.39, 0.29) is 6.42 Å². The van der Waals surface area contributed by atoms with E-state index in [1.165, 1.54) is 6.92 Å². The molecular formula is C7H11F3O2. The molecule has 0 aromatic rings. The SMILES string of the molecule is CCC[C@@](O)(C(C)=O)C(F)(F)F. The fourth-order valence-electron chi connectivity index (χ4n) is 0.879. The molecule has 0 aliphatic carbocycles. The molecule has 2 nitrogen and oxygen atoms in total. The van der Waals surface area contributed by atoms with Crippen molar-refractivity contribution in [3.05, 3.63) is 0 Å². The molecule has 12 heavy (non-hydrogen) atoms. The molecule has 0 aromatic heterocycles. The Labute approximate surface area is 68.4 Å². The smallest absolute Gasteiger partial charge is 0.374 e. The number of rotatable bonds is 3. The van der Waals surface area contributed by atoms with Crippen molar-refractivity contribution in [1.82, 2.24) is 0 Å². The Hall–Kier alpha value is -0.580. The highest BCUT2D eigenvalue weighted by Crippen LogP contribution is 2.34. The highest BCUT2D eigenvalue weighted by Gasteiger charge is 2.56. The highest BCUT2D eigenvalue weighted by molar-refractivity contribution is 5.85. The quantitative estimate of drug-likeness (QED) is 0.724. The lowest BCUT2D eigenvalue weighted by Gasteiger charge is -2.27. The average molecular weight is 184 g/mol. The number of halogens is 3. The Balaban J connectivity index is 4.75. The van der Waals surface area contributed by atoms with E-state index in [1.54, 1.807) is 0 Å². The molecule has 0 saturated heterocycles. The van der Waals surface area contributed by atoms with Crippen LogP contribution in [-0.4, -0.2) is 22.7 Å². The maximum absolute atomic E-state index is 12.1. The van der Waals surface area contributed by atoms with Gasteiger partial charge in [-0.1, -0.05) is 13.3 Å². The lowest BCUT2D eigenvalue weighted by molar-refractivity contribution is -0.251. The van der Waals surface area contributed by atoms with Crippen LogP contribution in [0.15, 0.2) is 0 Å². The second-order valence-electron chi connectivity index (χ2n) is 2.66. The monoisotopic (exact) mass is 184 g/mol. The Morgan fingerprint density at radius 1 is 1.42 bits per heavy atom. The van der Waals surface area contributed by atoms with E-state index in [0.717, 1.165) is 6.92 Å². The van der Waals surface area contributed by atoms with Gasteiger partial charge in [-0.05, 0) is 13.3 Å². The van der Waals surface area contributed by atoms with Gasteiger partial charge in [-0.15, -0.1) is 0 Å². The number of carbonyl (C=O) groups is 1. The van der Waals surface area contributed by atoms with Crippen LogP contribution < -0.4 is 0 Å². The van der Waals surface area contributed by atoms with E-state index in [2.05, 4.69) is 0 Å². The van der Waals surface area contributed by atoms with E-state index < -0.39 is 24.0 Å². The normalized spacial score (nSPS) is 17.2. The molecule has 0 aromatic carbocycles. The Bertz CT molecular complexity index is 176. The Kier molecular flexibility index (Phi) is 3.26. The van der Waals surface area contributed by atoms with Crippen molar-refractivity contribution < 1.29 is 23.1 Å². The molecule has 0 fully saturated rings. The number of Topliss-reactive ketones (excluding diaryl/α,β-unsaturated/α-hetero) is 1. The van der Waals surface area contributed by atoms with Gasteiger partial charge in [0.25, 0.3) is 0 Å². The van der Waals surface area contributed by atoms with E-state index in [4.69, 9.17) is 5.11 Å². The minimum atomic E-state index is -4.87. The topological polar surface area (TPSA) is 37.3 Å². The first-order valence-electron chi connectivity index (χ1n) is 3.56. The molecule has 0 unspecified atom stereocenters. The van der Waals surface area contributed by atoms with Crippen LogP contribution in [0.3, 0.4) is 0 Å². The molecule has 0 spiro atoms. The molecule has 5 heteroatoms. The molecule has 0 radical (unpaired) electrons. The fraction of sp³-hybridized carbons (Fsp3) is 0.857. The van der Waals surface area contributed by atoms with E-state index in [9.17, 15) is 18.0 Å². The number of hydrogen-bond donors (Lipinski definition) is 1. The molecule has 1 N–H and O–H groups in total. The molecule has 0 heterocycles. The van der Waals surface area contributed by atoms with Crippen LogP contribution in [0.1, 0.15) is 26.7 Å². The van der Waals surface area contributed by atoms with Crippen LogP contribution in [0, 0.1) is 0 Å².